The second-order valence-electron chi connectivity index (χ2n) is 5.96. The largest absolute Gasteiger partial charge is 0.476 e. The minimum atomic E-state index is -0.793. The van der Waals surface area contributed by atoms with Gasteiger partial charge in [0.15, 0.2) is 5.82 Å². The summed E-state index contributed by atoms with van der Waals surface area (Å²) in [6.45, 7) is 0. The van der Waals surface area contributed by atoms with E-state index >= 15 is 0 Å². The van der Waals surface area contributed by atoms with Gasteiger partial charge in [-0.05, 0) is 24.3 Å². The number of amides is 1. The van der Waals surface area contributed by atoms with Crippen molar-refractivity contribution in [1.29, 1.82) is 0 Å². The maximum absolute atomic E-state index is 12.9. The number of pyridine rings is 1. The lowest BCUT2D eigenvalue weighted by molar-refractivity contribution is -0.123. The summed E-state index contributed by atoms with van der Waals surface area (Å²) in [4.78, 5) is 21.1. The summed E-state index contributed by atoms with van der Waals surface area (Å²) in [6, 6.07) is 22.1. The molecule has 1 atom stereocenters. The van der Waals surface area contributed by atoms with E-state index in [1.54, 1.807) is 24.7 Å². The molecule has 138 valence electrons. The zero-order valence-electron chi connectivity index (χ0n) is 14.8. The zero-order chi connectivity index (χ0) is 19.2. The van der Waals surface area contributed by atoms with Gasteiger partial charge in [0.05, 0.1) is 11.9 Å². The number of hydrogen-bond donors (Lipinski definition) is 1. The molecule has 0 aliphatic carbocycles. The second kappa shape index (κ2) is 8.13. The van der Waals surface area contributed by atoms with Crippen LogP contribution >= 0.6 is 0 Å². The standard InChI is InChI=1S/C21H17N5O2/c27-21(25-17-11-12-19(23-13-17)26-15-22-14-24-26)20(16-7-3-1-4-8-16)28-18-9-5-2-6-10-18/h1-15,20H,(H,25,27)/t20-/m1/s1. The monoisotopic (exact) mass is 371 g/mol. The minimum absolute atomic E-state index is 0.287. The molecule has 4 aromatic rings. The lowest BCUT2D eigenvalue weighted by Gasteiger charge is -2.19. The molecule has 2 aromatic heterocycles. The zero-order valence-corrected chi connectivity index (χ0v) is 14.8. The van der Waals surface area contributed by atoms with Crippen LogP contribution in [0.4, 0.5) is 5.69 Å². The second-order valence-corrected chi connectivity index (χ2v) is 5.96. The van der Waals surface area contributed by atoms with Crippen LogP contribution in [0.2, 0.25) is 0 Å². The number of nitrogens with zero attached hydrogens (tertiary/aromatic N) is 4. The maximum Gasteiger partial charge on any atom is 0.270 e. The number of para-hydroxylation sites is 1. The quantitative estimate of drug-likeness (QED) is 0.562. The Balaban J connectivity index is 1.53. The predicted octanol–water partition coefficient (Wildman–Crippen LogP) is 3.42. The molecule has 0 fully saturated rings. The lowest BCUT2D eigenvalue weighted by atomic mass is 10.1. The minimum Gasteiger partial charge on any atom is -0.476 e. The number of benzene rings is 2. The third kappa shape index (κ3) is 4.04. The fourth-order valence-corrected chi connectivity index (χ4v) is 2.67. The van der Waals surface area contributed by atoms with Crippen molar-refractivity contribution in [2.24, 2.45) is 0 Å². The maximum atomic E-state index is 12.9. The van der Waals surface area contributed by atoms with E-state index in [2.05, 4.69) is 20.4 Å². The van der Waals surface area contributed by atoms with Crippen LogP contribution in [0.1, 0.15) is 11.7 Å². The molecule has 4 rings (SSSR count). The predicted molar refractivity (Wildman–Crippen MR) is 104 cm³/mol. The fourth-order valence-electron chi connectivity index (χ4n) is 2.67. The summed E-state index contributed by atoms with van der Waals surface area (Å²) in [6.07, 6.45) is 3.76. The van der Waals surface area contributed by atoms with Gasteiger partial charge in [0.25, 0.3) is 5.91 Å². The molecule has 2 heterocycles. The molecule has 28 heavy (non-hydrogen) atoms. The number of aromatic nitrogens is 4. The lowest BCUT2D eigenvalue weighted by Crippen LogP contribution is -2.25. The van der Waals surface area contributed by atoms with E-state index in [0.717, 1.165) is 5.56 Å². The molecule has 0 aliphatic heterocycles. The molecule has 0 saturated heterocycles. The van der Waals surface area contributed by atoms with E-state index in [0.29, 0.717) is 17.3 Å². The molecule has 0 unspecified atom stereocenters. The van der Waals surface area contributed by atoms with Crippen LogP contribution in [0, 0.1) is 0 Å². The van der Waals surface area contributed by atoms with Gasteiger partial charge in [-0.3, -0.25) is 4.79 Å². The van der Waals surface area contributed by atoms with Crippen molar-refractivity contribution in [2.45, 2.75) is 6.10 Å². The van der Waals surface area contributed by atoms with Crippen LogP contribution in [-0.2, 0) is 4.79 Å². The Morgan fingerprint density at radius 1 is 0.964 bits per heavy atom. The smallest absolute Gasteiger partial charge is 0.270 e. The first-order valence-electron chi connectivity index (χ1n) is 8.68. The van der Waals surface area contributed by atoms with Gasteiger partial charge in [-0.15, -0.1) is 0 Å². The molecule has 7 nitrogen and oxygen atoms in total. The van der Waals surface area contributed by atoms with Crippen molar-refractivity contribution in [3.8, 4) is 11.6 Å². The molecule has 0 bridgehead atoms. The van der Waals surface area contributed by atoms with E-state index in [1.807, 2.05) is 60.7 Å². The number of carbonyl (C=O) groups is 1. The third-order valence-corrected chi connectivity index (χ3v) is 4.01. The van der Waals surface area contributed by atoms with Crippen LogP contribution in [0.25, 0.3) is 5.82 Å². The summed E-state index contributed by atoms with van der Waals surface area (Å²) in [7, 11) is 0. The number of anilines is 1. The Kier molecular flexibility index (Phi) is 5.06. The molecule has 0 radical (unpaired) electrons. The first-order chi connectivity index (χ1) is 13.8. The van der Waals surface area contributed by atoms with Crippen molar-refractivity contribution < 1.29 is 9.53 Å². The molecule has 2 aromatic carbocycles. The topological polar surface area (TPSA) is 81.9 Å². The molecular weight excluding hydrogens is 354 g/mol. The Labute approximate surface area is 161 Å². The van der Waals surface area contributed by atoms with Crippen LogP contribution < -0.4 is 10.1 Å². The van der Waals surface area contributed by atoms with Crippen molar-refractivity contribution in [3.63, 3.8) is 0 Å². The van der Waals surface area contributed by atoms with E-state index in [1.165, 1.54) is 11.0 Å². The highest BCUT2D eigenvalue weighted by Gasteiger charge is 2.23. The van der Waals surface area contributed by atoms with Gasteiger partial charge >= 0.3 is 0 Å². The van der Waals surface area contributed by atoms with Gasteiger partial charge in [0.2, 0.25) is 6.10 Å². The number of nitrogens with one attached hydrogen (secondary N) is 1. The molecule has 0 aliphatic rings. The average Bonchev–Trinajstić information content (AvgIpc) is 3.29. The summed E-state index contributed by atoms with van der Waals surface area (Å²) in [5, 5.41) is 6.89. The first-order valence-corrected chi connectivity index (χ1v) is 8.68. The molecule has 7 heteroatoms. The molecule has 0 saturated carbocycles. The highest BCUT2D eigenvalue weighted by molar-refractivity contribution is 5.95. The van der Waals surface area contributed by atoms with E-state index in [9.17, 15) is 4.79 Å². The van der Waals surface area contributed by atoms with Gasteiger partial charge in [0, 0.05) is 5.56 Å². The van der Waals surface area contributed by atoms with Crippen LogP contribution in [0.15, 0.2) is 91.6 Å². The Morgan fingerprint density at radius 2 is 1.71 bits per heavy atom. The fraction of sp³-hybridized carbons (Fsp3) is 0.0476. The number of hydrogen-bond acceptors (Lipinski definition) is 5. The van der Waals surface area contributed by atoms with Crippen LogP contribution in [0.3, 0.4) is 0 Å². The molecule has 0 spiro atoms. The number of ether oxygens (including phenoxy) is 1. The Hall–Kier alpha value is -4.00. The van der Waals surface area contributed by atoms with Crippen molar-refractivity contribution in [2.75, 3.05) is 5.32 Å². The summed E-state index contributed by atoms with van der Waals surface area (Å²) in [5.41, 5.74) is 1.32. The van der Waals surface area contributed by atoms with Gasteiger partial charge in [-0.1, -0.05) is 48.5 Å². The molecular formula is C21H17N5O2. The molecule has 1 N–H and O–H groups in total. The molecule has 1 amide bonds. The van der Waals surface area contributed by atoms with Gasteiger partial charge in [0.1, 0.15) is 18.4 Å². The van der Waals surface area contributed by atoms with E-state index < -0.39 is 6.10 Å². The SMILES string of the molecule is O=C(Nc1ccc(-n2cncn2)nc1)[C@H](Oc1ccccc1)c1ccccc1. The first kappa shape index (κ1) is 17.4. The Morgan fingerprint density at radius 3 is 2.36 bits per heavy atom. The van der Waals surface area contributed by atoms with Crippen molar-refractivity contribution in [1.82, 2.24) is 19.7 Å². The summed E-state index contributed by atoms with van der Waals surface area (Å²) < 4.78 is 7.50. The van der Waals surface area contributed by atoms with Gasteiger partial charge in [-0.25, -0.2) is 14.6 Å². The average molecular weight is 371 g/mol. The normalized spacial score (nSPS) is 11.6. The van der Waals surface area contributed by atoms with Crippen molar-refractivity contribution >= 4 is 11.6 Å². The number of rotatable bonds is 6. The van der Waals surface area contributed by atoms with Gasteiger partial charge < -0.3 is 10.1 Å². The summed E-state index contributed by atoms with van der Waals surface area (Å²) >= 11 is 0. The number of carbonyl (C=O) groups excluding carboxylic acids is 1. The highest BCUT2D eigenvalue weighted by atomic mass is 16.5. The van der Waals surface area contributed by atoms with Crippen LogP contribution in [-0.4, -0.2) is 25.7 Å². The van der Waals surface area contributed by atoms with Gasteiger partial charge in [-0.2, -0.15) is 5.10 Å². The van der Waals surface area contributed by atoms with Crippen LogP contribution in [0.5, 0.6) is 5.75 Å². The summed E-state index contributed by atoms with van der Waals surface area (Å²) in [5.74, 6) is 0.937. The Bertz CT molecular complexity index is 1020. The third-order valence-electron chi connectivity index (χ3n) is 4.01. The van der Waals surface area contributed by atoms with Crippen molar-refractivity contribution in [3.05, 3.63) is 97.2 Å². The van der Waals surface area contributed by atoms with E-state index in [4.69, 9.17) is 4.74 Å². The highest BCUT2D eigenvalue weighted by Crippen LogP contribution is 2.23. The van der Waals surface area contributed by atoms with E-state index in [-0.39, 0.29) is 5.91 Å².